The molecule has 2 aromatic carbocycles. The van der Waals surface area contributed by atoms with Crippen LogP contribution in [-0.2, 0) is 11.3 Å². The molecule has 0 fully saturated rings. The number of fused-ring (bicyclic) bond motifs is 1. The average Bonchev–Trinajstić information content (AvgIpc) is 2.48. The van der Waals surface area contributed by atoms with E-state index in [1.807, 2.05) is 42.5 Å². The van der Waals surface area contributed by atoms with E-state index in [4.69, 9.17) is 4.74 Å². The zero-order valence-corrected chi connectivity index (χ0v) is 10.7. The maximum absolute atomic E-state index is 5.14. The fourth-order valence-electron chi connectivity index (χ4n) is 2.13. The number of ether oxygens (including phenoxy) is 1. The lowest BCUT2D eigenvalue weighted by Gasteiger charge is -2.08. The van der Waals surface area contributed by atoms with Crippen LogP contribution < -0.4 is 0 Å². The SMILES string of the molecule is COCc1nc(-c2ccccc2)c2ccccc2n1. The van der Waals surface area contributed by atoms with Crippen molar-refractivity contribution in [2.75, 3.05) is 7.11 Å². The molecule has 3 nitrogen and oxygen atoms in total. The van der Waals surface area contributed by atoms with Gasteiger partial charge in [-0.3, -0.25) is 0 Å². The molecule has 1 heterocycles. The number of para-hydroxylation sites is 1. The van der Waals surface area contributed by atoms with Gasteiger partial charge < -0.3 is 4.74 Å². The summed E-state index contributed by atoms with van der Waals surface area (Å²) in [5, 5.41) is 1.06. The molecule has 0 N–H and O–H groups in total. The number of hydrogen-bond donors (Lipinski definition) is 0. The van der Waals surface area contributed by atoms with Crippen LogP contribution in [0.15, 0.2) is 54.6 Å². The van der Waals surface area contributed by atoms with Crippen LogP contribution in [0.5, 0.6) is 0 Å². The van der Waals surface area contributed by atoms with Crippen LogP contribution >= 0.6 is 0 Å². The standard InChI is InChI=1S/C16H14N2O/c1-19-11-15-17-14-10-6-5-9-13(14)16(18-15)12-7-3-2-4-8-12/h2-10H,11H2,1H3. The van der Waals surface area contributed by atoms with Crippen molar-refractivity contribution in [1.82, 2.24) is 9.97 Å². The minimum atomic E-state index is 0.421. The molecule has 0 saturated carbocycles. The Balaban J connectivity index is 2.26. The van der Waals surface area contributed by atoms with Gasteiger partial charge in [-0.15, -0.1) is 0 Å². The van der Waals surface area contributed by atoms with Crippen molar-refractivity contribution in [2.24, 2.45) is 0 Å². The Kier molecular flexibility index (Phi) is 3.21. The van der Waals surface area contributed by atoms with Gasteiger partial charge in [0.2, 0.25) is 0 Å². The highest BCUT2D eigenvalue weighted by Gasteiger charge is 2.08. The smallest absolute Gasteiger partial charge is 0.155 e. The number of benzene rings is 2. The van der Waals surface area contributed by atoms with E-state index in [1.54, 1.807) is 7.11 Å². The fourth-order valence-corrected chi connectivity index (χ4v) is 2.13. The molecule has 0 unspecified atom stereocenters. The van der Waals surface area contributed by atoms with E-state index in [-0.39, 0.29) is 0 Å². The van der Waals surface area contributed by atoms with Crippen LogP contribution in [0.4, 0.5) is 0 Å². The number of nitrogens with zero attached hydrogens (tertiary/aromatic N) is 2. The molecule has 3 aromatic rings. The Bertz CT molecular complexity index is 695. The predicted molar refractivity (Wildman–Crippen MR) is 75.7 cm³/mol. The highest BCUT2D eigenvalue weighted by Crippen LogP contribution is 2.25. The summed E-state index contributed by atoms with van der Waals surface area (Å²) in [5.74, 6) is 0.708. The number of aromatic nitrogens is 2. The van der Waals surface area contributed by atoms with Crippen LogP contribution in [-0.4, -0.2) is 17.1 Å². The van der Waals surface area contributed by atoms with Gasteiger partial charge in [-0.1, -0.05) is 48.5 Å². The first-order valence-electron chi connectivity index (χ1n) is 6.18. The maximum atomic E-state index is 5.14. The number of methoxy groups -OCH3 is 1. The lowest BCUT2D eigenvalue weighted by atomic mass is 10.1. The Morgan fingerprint density at radius 1 is 0.895 bits per heavy atom. The second kappa shape index (κ2) is 5.16. The Hall–Kier alpha value is -2.26. The summed E-state index contributed by atoms with van der Waals surface area (Å²) in [6, 6.07) is 18.2. The quantitative estimate of drug-likeness (QED) is 0.714. The van der Waals surface area contributed by atoms with Crippen LogP contribution in [0, 0.1) is 0 Å². The predicted octanol–water partition coefficient (Wildman–Crippen LogP) is 3.44. The van der Waals surface area contributed by atoms with Gasteiger partial charge in [-0.2, -0.15) is 0 Å². The minimum absolute atomic E-state index is 0.421. The van der Waals surface area contributed by atoms with Crippen molar-refractivity contribution in [3.63, 3.8) is 0 Å². The van der Waals surface area contributed by atoms with Crippen LogP contribution in [0.3, 0.4) is 0 Å². The Morgan fingerprint density at radius 3 is 2.42 bits per heavy atom. The summed E-state index contributed by atoms with van der Waals surface area (Å²) in [4.78, 5) is 9.14. The third-order valence-corrected chi connectivity index (χ3v) is 2.97. The van der Waals surface area contributed by atoms with Crippen LogP contribution in [0.2, 0.25) is 0 Å². The minimum Gasteiger partial charge on any atom is -0.377 e. The lowest BCUT2D eigenvalue weighted by Crippen LogP contribution is -1.99. The molecule has 0 aliphatic heterocycles. The van der Waals surface area contributed by atoms with Gasteiger partial charge >= 0.3 is 0 Å². The summed E-state index contributed by atoms with van der Waals surface area (Å²) in [7, 11) is 1.65. The normalized spacial score (nSPS) is 10.8. The van der Waals surface area contributed by atoms with Crippen molar-refractivity contribution < 1.29 is 4.74 Å². The highest BCUT2D eigenvalue weighted by atomic mass is 16.5. The summed E-state index contributed by atoms with van der Waals surface area (Å²) < 4.78 is 5.14. The van der Waals surface area contributed by atoms with E-state index in [0.29, 0.717) is 12.4 Å². The van der Waals surface area contributed by atoms with Crippen molar-refractivity contribution in [2.45, 2.75) is 6.61 Å². The number of hydrogen-bond acceptors (Lipinski definition) is 3. The molecule has 0 aliphatic rings. The van der Waals surface area contributed by atoms with Crippen LogP contribution in [0.25, 0.3) is 22.2 Å². The topological polar surface area (TPSA) is 35.0 Å². The molecule has 0 radical (unpaired) electrons. The van der Waals surface area contributed by atoms with Crippen molar-refractivity contribution in [1.29, 1.82) is 0 Å². The molecule has 19 heavy (non-hydrogen) atoms. The third kappa shape index (κ3) is 2.33. The van der Waals surface area contributed by atoms with E-state index in [9.17, 15) is 0 Å². The zero-order chi connectivity index (χ0) is 13.1. The molecule has 0 atom stereocenters. The van der Waals surface area contributed by atoms with Gasteiger partial charge in [-0.25, -0.2) is 9.97 Å². The summed E-state index contributed by atoms with van der Waals surface area (Å²) >= 11 is 0. The first-order chi connectivity index (χ1) is 9.38. The molecule has 0 bridgehead atoms. The molecule has 0 spiro atoms. The molecule has 0 aliphatic carbocycles. The molecule has 0 saturated heterocycles. The van der Waals surface area contributed by atoms with Gasteiger partial charge in [0.05, 0.1) is 11.2 Å². The second-order valence-electron chi connectivity index (χ2n) is 4.30. The molecule has 0 amide bonds. The maximum Gasteiger partial charge on any atom is 0.155 e. The van der Waals surface area contributed by atoms with E-state index in [1.165, 1.54) is 0 Å². The molecule has 1 aromatic heterocycles. The van der Waals surface area contributed by atoms with E-state index < -0.39 is 0 Å². The largest absolute Gasteiger partial charge is 0.377 e. The van der Waals surface area contributed by atoms with E-state index in [2.05, 4.69) is 22.1 Å². The summed E-state index contributed by atoms with van der Waals surface area (Å²) in [6.07, 6.45) is 0. The Labute approximate surface area is 111 Å². The van der Waals surface area contributed by atoms with Gasteiger partial charge in [-0.05, 0) is 6.07 Å². The van der Waals surface area contributed by atoms with Crippen molar-refractivity contribution in [3.8, 4) is 11.3 Å². The second-order valence-corrected chi connectivity index (χ2v) is 4.30. The summed E-state index contributed by atoms with van der Waals surface area (Å²) in [5.41, 5.74) is 3.00. The molecule has 94 valence electrons. The van der Waals surface area contributed by atoms with Gasteiger partial charge in [0, 0.05) is 18.1 Å². The first-order valence-corrected chi connectivity index (χ1v) is 6.18. The van der Waals surface area contributed by atoms with Gasteiger partial charge in [0.1, 0.15) is 6.61 Å². The summed E-state index contributed by atoms with van der Waals surface area (Å²) in [6.45, 7) is 0.421. The van der Waals surface area contributed by atoms with Crippen molar-refractivity contribution >= 4 is 10.9 Å². The zero-order valence-electron chi connectivity index (χ0n) is 10.7. The van der Waals surface area contributed by atoms with Gasteiger partial charge in [0.15, 0.2) is 5.82 Å². The van der Waals surface area contributed by atoms with E-state index in [0.717, 1.165) is 22.2 Å². The van der Waals surface area contributed by atoms with Crippen molar-refractivity contribution in [3.05, 3.63) is 60.4 Å². The van der Waals surface area contributed by atoms with E-state index >= 15 is 0 Å². The molecular weight excluding hydrogens is 236 g/mol. The molecular formula is C16H14N2O. The molecule has 3 heteroatoms. The monoisotopic (exact) mass is 250 g/mol. The fraction of sp³-hybridized carbons (Fsp3) is 0.125. The van der Waals surface area contributed by atoms with Gasteiger partial charge in [0.25, 0.3) is 0 Å². The third-order valence-electron chi connectivity index (χ3n) is 2.97. The van der Waals surface area contributed by atoms with Crippen LogP contribution in [0.1, 0.15) is 5.82 Å². The lowest BCUT2D eigenvalue weighted by molar-refractivity contribution is 0.178. The average molecular weight is 250 g/mol. The highest BCUT2D eigenvalue weighted by molar-refractivity contribution is 5.92. The number of rotatable bonds is 3. The molecule has 3 rings (SSSR count). The Morgan fingerprint density at radius 2 is 1.63 bits per heavy atom. The first kappa shape index (κ1) is 11.8.